The normalized spacial score (nSPS) is 11.6. The van der Waals surface area contributed by atoms with E-state index < -0.39 is 5.97 Å². The molecule has 1 aromatic rings. The Morgan fingerprint density at radius 3 is 2.43 bits per heavy atom. The van der Waals surface area contributed by atoms with Crippen LogP contribution in [0.2, 0.25) is 0 Å². The highest BCUT2D eigenvalue weighted by Crippen LogP contribution is 2.20. The molecule has 0 radical (unpaired) electrons. The van der Waals surface area contributed by atoms with Gasteiger partial charge in [-0.3, -0.25) is 9.78 Å². The minimum Gasteiger partial charge on any atom is -0.478 e. The topological polar surface area (TPSA) is 79.3 Å². The molecule has 0 fully saturated rings. The maximum atomic E-state index is 12.4. The highest BCUT2D eigenvalue weighted by atomic mass is 16.4. The Morgan fingerprint density at radius 1 is 1.29 bits per heavy atom. The van der Waals surface area contributed by atoms with Gasteiger partial charge in [-0.1, -0.05) is 26.8 Å². The molecule has 0 unspecified atom stereocenters. The van der Waals surface area contributed by atoms with Crippen LogP contribution < -0.4 is 5.32 Å². The summed E-state index contributed by atoms with van der Waals surface area (Å²) >= 11 is 0. The van der Waals surface area contributed by atoms with Crippen LogP contribution in [0, 0.1) is 0 Å². The molecule has 0 aliphatic rings. The zero-order valence-electron chi connectivity index (χ0n) is 12.7. The summed E-state index contributed by atoms with van der Waals surface area (Å²) in [5.41, 5.74) is 0.492. The Hall–Kier alpha value is -2.17. The molecule has 0 atom stereocenters. The lowest BCUT2D eigenvalue weighted by molar-refractivity contribution is -0.131. The van der Waals surface area contributed by atoms with E-state index in [0.717, 1.165) is 25.3 Å². The van der Waals surface area contributed by atoms with Gasteiger partial charge in [-0.15, -0.1) is 0 Å². The number of carbonyl (C=O) groups excluding carboxylic acids is 1. The number of amides is 1. The highest BCUT2D eigenvalue weighted by Gasteiger charge is 2.27. The van der Waals surface area contributed by atoms with Crippen LogP contribution in [0.3, 0.4) is 0 Å². The third-order valence-corrected chi connectivity index (χ3v) is 3.87. The van der Waals surface area contributed by atoms with Gasteiger partial charge in [-0.25, -0.2) is 4.79 Å². The number of carboxylic acids is 1. The first-order valence-electron chi connectivity index (χ1n) is 7.16. The van der Waals surface area contributed by atoms with Gasteiger partial charge in [-0.2, -0.15) is 0 Å². The van der Waals surface area contributed by atoms with Crippen LogP contribution in [0.1, 0.15) is 56.1 Å². The number of nitrogens with zero attached hydrogens (tertiary/aromatic N) is 1. The SMILES string of the molecule is CCC(CC)(CC)NC(=O)c1ncccc1/C=C/C(=O)O. The Bertz CT molecular complexity index is 526. The molecule has 21 heavy (non-hydrogen) atoms. The molecule has 0 spiro atoms. The van der Waals surface area contributed by atoms with Crippen molar-refractivity contribution in [1.29, 1.82) is 0 Å². The van der Waals surface area contributed by atoms with Crippen LogP contribution in [0.15, 0.2) is 24.4 Å². The summed E-state index contributed by atoms with van der Waals surface area (Å²) in [6.07, 6.45) is 6.41. The fourth-order valence-electron chi connectivity index (χ4n) is 2.22. The van der Waals surface area contributed by atoms with Crippen LogP contribution in [-0.2, 0) is 4.79 Å². The molecule has 1 rings (SSSR count). The zero-order valence-corrected chi connectivity index (χ0v) is 12.7. The third kappa shape index (κ3) is 4.41. The van der Waals surface area contributed by atoms with Crippen molar-refractivity contribution in [3.05, 3.63) is 35.7 Å². The molecule has 114 valence electrons. The zero-order chi connectivity index (χ0) is 15.9. The van der Waals surface area contributed by atoms with Crippen molar-refractivity contribution in [2.75, 3.05) is 0 Å². The Labute approximate surface area is 125 Å². The molecule has 0 saturated heterocycles. The monoisotopic (exact) mass is 290 g/mol. The van der Waals surface area contributed by atoms with Gasteiger partial charge >= 0.3 is 5.97 Å². The average Bonchev–Trinajstić information content (AvgIpc) is 2.51. The summed E-state index contributed by atoms with van der Waals surface area (Å²) in [5.74, 6) is -1.33. The fourth-order valence-corrected chi connectivity index (χ4v) is 2.22. The molecule has 0 aliphatic heterocycles. The predicted molar refractivity (Wildman–Crippen MR) is 82.0 cm³/mol. The molecule has 2 N–H and O–H groups in total. The standard InChI is InChI=1S/C16H22N2O3/c1-4-16(5-2,6-3)18-15(21)14-12(8-7-11-17-14)9-10-13(19)20/h7-11H,4-6H2,1-3H3,(H,18,21)(H,19,20)/b10-9+. The second-order valence-corrected chi connectivity index (χ2v) is 4.91. The van der Waals surface area contributed by atoms with Crippen molar-refractivity contribution in [3.63, 3.8) is 0 Å². The molecule has 1 amide bonds. The average molecular weight is 290 g/mol. The van der Waals surface area contributed by atoms with Crippen molar-refractivity contribution in [2.24, 2.45) is 0 Å². The smallest absolute Gasteiger partial charge is 0.328 e. The van der Waals surface area contributed by atoms with Gasteiger partial charge in [0.05, 0.1) is 0 Å². The summed E-state index contributed by atoms with van der Waals surface area (Å²) in [7, 11) is 0. The van der Waals surface area contributed by atoms with E-state index in [1.165, 1.54) is 12.3 Å². The Balaban J connectivity index is 3.05. The first-order valence-corrected chi connectivity index (χ1v) is 7.16. The number of aliphatic carboxylic acids is 1. The summed E-state index contributed by atoms with van der Waals surface area (Å²) in [4.78, 5) is 27.1. The van der Waals surface area contributed by atoms with Crippen LogP contribution in [0.4, 0.5) is 0 Å². The molecule has 1 heterocycles. The van der Waals surface area contributed by atoms with Crippen LogP contribution in [0.5, 0.6) is 0 Å². The van der Waals surface area contributed by atoms with E-state index in [9.17, 15) is 9.59 Å². The molecule has 1 aromatic heterocycles. The van der Waals surface area contributed by atoms with E-state index in [2.05, 4.69) is 10.3 Å². The van der Waals surface area contributed by atoms with E-state index in [1.807, 2.05) is 20.8 Å². The fraction of sp³-hybridized carbons (Fsp3) is 0.438. The first-order chi connectivity index (χ1) is 9.98. The number of hydrogen-bond acceptors (Lipinski definition) is 3. The lowest BCUT2D eigenvalue weighted by atomic mass is 9.89. The van der Waals surface area contributed by atoms with E-state index >= 15 is 0 Å². The van der Waals surface area contributed by atoms with Crippen molar-refractivity contribution >= 4 is 18.0 Å². The molecule has 5 nitrogen and oxygen atoms in total. The minimum absolute atomic E-state index is 0.245. The van der Waals surface area contributed by atoms with Gasteiger partial charge in [0.1, 0.15) is 5.69 Å². The summed E-state index contributed by atoms with van der Waals surface area (Å²) < 4.78 is 0. The molecule has 5 heteroatoms. The predicted octanol–water partition coefficient (Wildman–Crippen LogP) is 2.88. The molecule has 0 saturated carbocycles. The second-order valence-electron chi connectivity index (χ2n) is 4.91. The van der Waals surface area contributed by atoms with E-state index in [4.69, 9.17) is 5.11 Å². The number of carbonyl (C=O) groups is 2. The van der Waals surface area contributed by atoms with Gasteiger partial charge in [0.15, 0.2) is 0 Å². The van der Waals surface area contributed by atoms with Crippen molar-refractivity contribution in [3.8, 4) is 0 Å². The van der Waals surface area contributed by atoms with E-state index in [1.54, 1.807) is 12.1 Å². The number of rotatable bonds is 7. The number of carboxylic acid groups (broad SMARTS) is 1. The number of nitrogens with one attached hydrogen (secondary N) is 1. The maximum Gasteiger partial charge on any atom is 0.328 e. The summed E-state index contributed by atoms with van der Waals surface area (Å²) in [6.45, 7) is 6.12. The third-order valence-electron chi connectivity index (χ3n) is 3.87. The van der Waals surface area contributed by atoms with Crippen LogP contribution >= 0.6 is 0 Å². The summed E-state index contributed by atoms with van der Waals surface area (Å²) in [6, 6.07) is 3.35. The molecule has 0 aliphatic carbocycles. The largest absolute Gasteiger partial charge is 0.478 e. The highest BCUT2D eigenvalue weighted by molar-refractivity contribution is 5.97. The van der Waals surface area contributed by atoms with Gasteiger partial charge in [0, 0.05) is 23.4 Å². The number of aromatic nitrogens is 1. The van der Waals surface area contributed by atoms with Gasteiger partial charge < -0.3 is 10.4 Å². The van der Waals surface area contributed by atoms with Crippen molar-refractivity contribution in [1.82, 2.24) is 10.3 Å². The Morgan fingerprint density at radius 2 is 1.90 bits per heavy atom. The number of hydrogen-bond donors (Lipinski definition) is 2. The quantitative estimate of drug-likeness (QED) is 0.757. The first kappa shape index (κ1) is 16.9. The Kier molecular flexibility index (Phi) is 6.09. The number of pyridine rings is 1. The molecule has 0 bridgehead atoms. The van der Waals surface area contributed by atoms with Crippen LogP contribution in [-0.4, -0.2) is 27.5 Å². The second kappa shape index (κ2) is 7.57. The minimum atomic E-state index is -1.06. The van der Waals surface area contributed by atoms with E-state index in [0.29, 0.717) is 5.56 Å². The summed E-state index contributed by atoms with van der Waals surface area (Å²) in [5, 5.41) is 11.7. The van der Waals surface area contributed by atoms with Gasteiger partial charge in [-0.05, 0) is 31.4 Å². The van der Waals surface area contributed by atoms with Gasteiger partial charge in [0.2, 0.25) is 0 Å². The van der Waals surface area contributed by atoms with Crippen LogP contribution in [0.25, 0.3) is 6.08 Å². The lowest BCUT2D eigenvalue weighted by Crippen LogP contribution is -2.47. The van der Waals surface area contributed by atoms with Crippen molar-refractivity contribution in [2.45, 2.75) is 45.6 Å². The molecular formula is C16H22N2O3. The van der Waals surface area contributed by atoms with Gasteiger partial charge in [0.25, 0.3) is 5.91 Å². The maximum absolute atomic E-state index is 12.4. The lowest BCUT2D eigenvalue weighted by Gasteiger charge is -2.31. The van der Waals surface area contributed by atoms with Crippen molar-refractivity contribution < 1.29 is 14.7 Å². The molecule has 0 aromatic carbocycles. The molecular weight excluding hydrogens is 268 g/mol. The van der Waals surface area contributed by atoms with E-state index in [-0.39, 0.29) is 17.1 Å².